The predicted molar refractivity (Wildman–Crippen MR) is 94.1 cm³/mol. The maximum absolute atomic E-state index is 12.5. The lowest BCUT2D eigenvalue weighted by Crippen LogP contribution is -2.37. The third-order valence-corrected chi connectivity index (χ3v) is 7.42. The van der Waals surface area contributed by atoms with Crippen LogP contribution in [-0.4, -0.2) is 34.0 Å². The molecule has 1 aliphatic heterocycles. The van der Waals surface area contributed by atoms with Gasteiger partial charge in [-0.15, -0.1) is 11.3 Å². The van der Waals surface area contributed by atoms with Gasteiger partial charge in [-0.3, -0.25) is 4.79 Å². The predicted octanol–water partition coefficient (Wildman–Crippen LogP) is 2.31. The van der Waals surface area contributed by atoms with Crippen molar-refractivity contribution >= 4 is 27.1 Å². The number of sulfone groups is 1. The Kier molecular flexibility index (Phi) is 5.33. The van der Waals surface area contributed by atoms with E-state index >= 15 is 0 Å². The van der Waals surface area contributed by atoms with E-state index < -0.39 is 9.84 Å². The van der Waals surface area contributed by atoms with Gasteiger partial charge in [-0.05, 0) is 56.1 Å². The zero-order chi connectivity index (χ0) is 17.0. The number of nitrogens with one attached hydrogen (secondary N) is 2. The Morgan fingerprint density at radius 3 is 2.71 bits per heavy atom. The van der Waals surface area contributed by atoms with E-state index in [-0.39, 0.29) is 15.0 Å². The maximum Gasteiger partial charge on any atom is 0.261 e. The molecule has 1 atom stereocenters. The second kappa shape index (κ2) is 7.46. The van der Waals surface area contributed by atoms with Crippen LogP contribution in [0.2, 0.25) is 0 Å². The van der Waals surface area contributed by atoms with Gasteiger partial charge in [-0.1, -0.05) is 18.2 Å². The van der Waals surface area contributed by atoms with Crippen molar-refractivity contribution in [1.29, 1.82) is 0 Å². The van der Waals surface area contributed by atoms with E-state index in [1.807, 2.05) is 0 Å². The minimum absolute atomic E-state index is 0.193. The van der Waals surface area contributed by atoms with Crippen molar-refractivity contribution in [3.8, 4) is 0 Å². The molecule has 0 bridgehead atoms. The molecule has 2 aromatic rings. The number of hydrogen-bond acceptors (Lipinski definition) is 5. The van der Waals surface area contributed by atoms with Crippen molar-refractivity contribution < 1.29 is 13.2 Å². The summed E-state index contributed by atoms with van der Waals surface area (Å²) in [6, 6.07) is 11.3. The van der Waals surface area contributed by atoms with Crippen LogP contribution in [0.5, 0.6) is 0 Å². The highest BCUT2D eigenvalue weighted by atomic mass is 32.2. The van der Waals surface area contributed by atoms with Crippen molar-refractivity contribution in [2.45, 2.75) is 21.9 Å². The zero-order valence-corrected chi connectivity index (χ0v) is 14.8. The summed E-state index contributed by atoms with van der Waals surface area (Å²) >= 11 is 1.01. The molecule has 2 heterocycles. The van der Waals surface area contributed by atoms with E-state index in [1.165, 1.54) is 6.07 Å². The van der Waals surface area contributed by atoms with Gasteiger partial charge in [-0.2, -0.15) is 0 Å². The molecule has 128 valence electrons. The van der Waals surface area contributed by atoms with Crippen LogP contribution in [0.3, 0.4) is 0 Å². The van der Waals surface area contributed by atoms with Crippen LogP contribution in [0.25, 0.3) is 0 Å². The van der Waals surface area contributed by atoms with Gasteiger partial charge in [0.05, 0.1) is 9.77 Å². The van der Waals surface area contributed by atoms with Crippen molar-refractivity contribution in [1.82, 2.24) is 10.6 Å². The van der Waals surface area contributed by atoms with Gasteiger partial charge in [0.2, 0.25) is 9.84 Å². The smallest absolute Gasteiger partial charge is 0.261 e. The summed E-state index contributed by atoms with van der Waals surface area (Å²) in [7, 11) is -3.56. The Balaban J connectivity index is 1.67. The van der Waals surface area contributed by atoms with Gasteiger partial charge in [-0.25, -0.2) is 8.42 Å². The Morgan fingerprint density at radius 2 is 2.00 bits per heavy atom. The summed E-state index contributed by atoms with van der Waals surface area (Å²) in [6.45, 7) is 2.57. The van der Waals surface area contributed by atoms with Crippen LogP contribution >= 0.6 is 11.3 Å². The molecule has 7 heteroatoms. The lowest BCUT2D eigenvalue weighted by molar-refractivity contribution is 0.0949. The second-order valence-corrected chi connectivity index (χ2v) is 9.12. The molecule has 1 saturated heterocycles. The molecule has 0 saturated carbocycles. The van der Waals surface area contributed by atoms with Gasteiger partial charge >= 0.3 is 0 Å². The first kappa shape index (κ1) is 17.1. The molecule has 24 heavy (non-hydrogen) atoms. The van der Waals surface area contributed by atoms with E-state index in [0.29, 0.717) is 17.3 Å². The number of thiophene rings is 1. The number of piperidine rings is 1. The zero-order valence-electron chi connectivity index (χ0n) is 13.2. The van der Waals surface area contributed by atoms with E-state index in [2.05, 4.69) is 10.6 Å². The fourth-order valence-corrected chi connectivity index (χ4v) is 5.37. The van der Waals surface area contributed by atoms with Gasteiger partial charge < -0.3 is 10.6 Å². The number of hydrogen-bond donors (Lipinski definition) is 2. The quantitative estimate of drug-likeness (QED) is 0.854. The number of benzene rings is 1. The summed E-state index contributed by atoms with van der Waals surface area (Å²) in [5.41, 5.74) is 0. The van der Waals surface area contributed by atoms with Gasteiger partial charge in [0, 0.05) is 6.54 Å². The van der Waals surface area contributed by atoms with E-state index in [9.17, 15) is 13.2 Å². The number of rotatable bonds is 5. The molecular weight excluding hydrogens is 344 g/mol. The summed E-state index contributed by atoms with van der Waals surface area (Å²) in [5, 5.41) is 6.22. The summed E-state index contributed by atoms with van der Waals surface area (Å²) in [6.07, 6.45) is 2.23. The SMILES string of the molecule is O=C(NCC1CCCNC1)c1ccc(S(=O)(=O)c2ccccc2)s1. The minimum Gasteiger partial charge on any atom is -0.351 e. The number of carbonyl (C=O) groups excluding carboxylic acids is 1. The van der Waals surface area contributed by atoms with Crippen molar-refractivity contribution in [2.24, 2.45) is 5.92 Å². The summed E-state index contributed by atoms with van der Waals surface area (Å²) < 4.78 is 25.3. The Bertz CT molecular complexity index is 794. The maximum atomic E-state index is 12.5. The third kappa shape index (κ3) is 3.85. The van der Waals surface area contributed by atoms with Crippen molar-refractivity contribution in [3.05, 3.63) is 47.3 Å². The molecule has 1 aromatic heterocycles. The molecule has 1 fully saturated rings. The van der Waals surface area contributed by atoms with Crippen LogP contribution in [0, 0.1) is 5.92 Å². The first-order valence-corrected chi connectivity index (χ1v) is 10.3. The lowest BCUT2D eigenvalue weighted by atomic mass is 10.00. The van der Waals surface area contributed by atoms with Gasteiger partial charge in [0.25, 0.3) is 5.91 Å². The van der Waals surface area contributed by atoms with Crippen molar-refractivity contribution in [2.75, 3.05) is 19.6 Å². The molecule has 5 nitrogen and oxygen atoms in total. The highest BCUT2D eigenvalue weighted by Crippen LogP contribution is 2.27. The fourth-order valence-electron chi connectivity index (χ4n) is 2.72. The molecule has 1 amide bonds. The lowest BCUT2D eigenvalue weighted by Gasteiger charge is -2.22. The average Bonchev–Trinajstić information content (AvgIpc) is 3.12. The molecule has 1 aliphatic rings. The van der Waals surface area contributed by atoms with Crippen LogP contribution in [0.1, 0.15) is 22.5 Å². The third-order valence-electron chi connectivity index (χ3n) is 4.07. The topological polar surface area (TPSA) is 75.3 Å². The molecule has 1 unspecified atom stereocenters. The standard InChI is InChI=1S/C17H20N2O3S2/c20-17(19-12-13-5-4-10-18-11-13)15-8-9-16(23-15)24(21,22)14-6-2-1-3-7-14/h1-3,6-9,13,18H,4-5,10-12H2,(H,19,20). The molecule has 0 radical (unpaired) electrons. The van der Waals surface area contributed by atoms with Crippen molar-refractivity contribution in [3.63, 3.8) is 0 Å². The highest BCUT2D eigenvalue weighted by molar-refractivity contribution is 7.93. The summed E-state index contributed by atoms with van der Waals surface area (Å²) in [5.74, 6) is 0.232. The van der Waals surface area contributed by atoms with Crippen LogP contribution < -0.4 is 10.6 Å². The molecule has 0 aliphatic carbocycles. The molecule has 3 rings (SSSR count). The van der Waals surface area contributed by atoms with Gasteiger partial charge in [0.15, 0.2) is 0 Å². The van der Waals surface area contributed by atoms with Crippen LogP contribution in [-0.2, 0) is 9.84 Å². The summed E-state index contributed by atoms with van der Waals surface area (Å²) in [4.78, 5) is 12.9. The van der Waals surface area contributed by atoms with E-state index in [4.69, 9.17) is 0 Å². The Hall–Kier alpha value is -1.70. The second-order valence-electron chi connectivity index (χ2n) is 5.86. The molecule has 0 spiro atoms. The first-order chi connectivity index (χ1) is 11.6. The average molecular weight is 364 g/mol. The largest absolute Gasteiger partial charge is 0.351 e. The van der Waals surface area contributed by atoms with Crippen LogP contribution in [0.4, 0.5) is 0 Å². The number of amides is 1. The molecule has 1 aromatic carbocycles. The molecule has 2 N–H and O–H groups in total. The Labute approximate surface area is 146 Å². The normalized spacial score (nSPS) is 18.2. The fraction of sp³-hybridized carbons (Fsp3) is 0.353. The highest BCUT2D eigenvalue weighted by Gasteiger charge is 2.22. The minimum atomic E-state index is -3.56. The van der Waals surface area contributed by atoms with E-state index in [1.54, 1.807) is 36.4 Å². The van der Waals surface area contributed by atoms with E-state index in [0.717, 1.165) is 37.3 Å². The molecular formula is C17H20N2O3S2. The monoisotopic (exact) mass is 364 g/mol. The number of carbonyl (C=O) groups is 1. The van der Waals surface area contributed by atoms with Crippen LogP contribution in [0.15, 0.2) is 51.6 Å². The Morgan fingerprint density at radius 1 is 1.21 bits per heavy atom. The van der Waals surface area contributed by atoms with Gasteiger partial charge in [0.1, 0.15) is 4.21 Å². The first-order valence-electron chi connectivity index (χ1n) is 7.96.